The number of amides is 1. The van der Waals surface area contributed by atoms with Crippen molar-refractivity contribution in [3.8, 4) is 0 Å². The van der Waals surface area contributed by atoms with Gasteiger partial charge in [-0.05, 0) is 23.3 Å². The summed E-state index contributed by atoms with van der Waals surface area (Å²) in [6, 6.07) is 13.6. The predicted molar refractivity (Wildman–Crippen MR) is 83.2 cm³/mol. The zero-order chi connectivity index (χ0) is 17.6. The highest BCUT2D eigenvalue weighted by atomic mass is 19.4. The molecule has 24 heavy (non-hydrogen) atoms. The molecular formula is C18H16F3NO2. The van der Waals surface area contributed by atoms with Crippen LogP contribution in [0.25, 0.3) is 0 Å². The molecule has 2 aromatic rings. The maximum Gasteiger partial charge on any atom is 0.416 e. The van der Waals surface area contributed by atoms with E-state index in [0.717, 1.165) is 12.1 Å². The number of alkyl halides is 3. The summed E-state index contributed by atoms with van der Waals surface area (Å²) in [5.74, 6) is -1.06. The molecule has 0 aliphatic carbocycles. The molecular weight excluding hydrogens is 319 g/mol. The van der Waals surface area contributed by atoms with E-state index >= 15 is 0 Å². The van der Waals surface area contributed by atoms with Gasteiger partial charge in [-0.2, -0.15) is 13.2 Å². The molecule has 0 aromatic heterocycles. The van der Waals surface area contributed by atoms with Crippen LogP contribution in [0.15, 0.2) is 54.6 Å². The second-order valence-electron chi connectivity index (χ2n) is 5.28. The quantitative estimate of drug-likeness (QED) is 0.818. The van der Waals surface area contributed by atoms with Crippen molar-refractivity contribution < 1.29 is 22.8 Å². The molecule has 3 nitrogen and oxygen atoms in total. The summed E-state index contributed by atoms with van der Waals surface area (Å²) in [4.78, 5) is 23.1. The minimum absolute atomic E-state index is 0.0123. The Morgan fingerprint density at radius 2 is 1.79 bits per heavy atom. The number of carbonyl (C=O) groups excluding carboxylic acids is 2. The van der Waals surface area contributed by atoms with Crippen molar-refractivity contribution in [2.45, 2.75) is 25.1 Å². The smallest absolute Gasteiger partial charge is 0.351 e. The second kappa shape index (κ2) is 7.77. The van der Waals surface area contributed by atoms with Crippen LogP contribution in [0.5, 0.6) is 0 Å². The lowest BCUT2D eigenvalue weighted by Gasteiger charge is -2.15. The summed E-state index contributed by atoms with van der Waals surface area (Å²) in [5.41, 5.74) is 0.268. The highest BCUT2D eigenvalue weighted by Crippen LogP contribution is 2.29. The lowest BCUT2D eigenvalue weighted by atomic mass is 9.95. The van der Waals surface area contributed by atoms with Crippen LogP contribution in [0.1, 0.15) is 29.0 Å². The topological polar surface area (TPSA) is 46.2 Å². The number of carbonyl (C=O) groups is 2. The van der Waals surface area contributed by atoms with Crippen molar-refractivity contribution in [1.82, 2.24) is 5.32 Å². The molecule has 0 spiro atoms. The van der Waals surface area contributed by atoms with Gasteiger partial charge in [-0.3, -0.25) is 4.79 Å². The number of hydrogen-bond donors (Lipinski definition) is 1. The molecule has 0 bridgehead atoms. The van der Waals surface area contributed by atoms with Gasteiger partial charge in [-0.15, -0.1) is 0 Å². The maximum absolute atomic E-state index is 12.7. The van der Waals surface area contributed by atoms with E-state index in [-0.39, 0.29) is 13.0 Å². The average molecular weight is 335 g/mol. The minimum atomic E-state index is -4.43. The molecule has 1 atom stereocenters. The first kappa shape index (κ1) is 17.7. The van der Waals surface area contributed by atoms with E-state index in [1.165, 1.54) is 12.1 Å². The van der Waals surface area contributed by atoms with Gasteiger partial charge in [0.25, 0.3) is 0 Å². The van der Waals surface area contributed by atoms with E-state index in [1.807, 2.05) is 0 Å². The van der Waals surface area contributed by atoms with Gasteiger partial charge in [-0.25, -0.2) is 0 Å². The van der Waals surface area contributed by atoms with Crippen LogP contribution in [-0.2, 0) is 22.3 Å². The molecule has 0 saturated carbocycles. The van der Waals surface area contributed by atoms with E-state index in [4.69, 9.17) is 0 Å². The Morgan fingerprint density at radius 3 is 2.42 bits per heavy atom. The van der Waals surface area contributed by atoms with Gasteiger partial charge in [0, 0.05) is 13.0 Å². The van der Waals surface area contributed by atoms with E-state index in [0.29, 0.717) is 17.4 Å². The van der Waals surface area contributed by atoms with Gasteiger partial charge in [0.15, 0.2) is 0 Å². The van der Waals surface area contributed by atoms with Crippen LogP contribution >= 0.6 is 0 Å². The number of halogens is 3. The van der Waals surface area contributed by atoms with E-state index in [2.05, 4.69) is 5.32 Å². The minimum Gasteiger partial charge on any atom is -0.351 e. The number of aldehydes is 1. The number of benzene rings is 2. The summed E-state index contributed by atoms with van der Waals surface area (Å²) >= 11 is 0. The molecule has 1 amide bonds. The first-order valence-electron chi connectivity index (χ1n) is 7.34. The van der Waals surface area contributed by atoms with Crippen LogP contribution in [0, 0.1) is 0 Å². The molecule has 2 rings (SSSR count). The van der Waals surface area contributed by atoms with E-state index in [9.17, 15) is 22.8 Å². The Kier molecular flexibility index (Phi) is 5.73. The van der Waals surface area contributed by atoms with E-state index < -0.39 is 23.6 Å². The Labute approximate surface area is 137 Å². The summed E-state index contributed by atoms with van der Waals surface area (Å²) in [7, 11) is 0. The van der Waals surface area contributed by atoms with Gasteiger partial charge in [-0.1, -0.05) is 42.5 Å². The molecule has 1 unspecified atom stereocenters. The standard InChI is InChI=1S/C18H16F3NO2/c19-18(20,21)15-8-4-5-13(11-15)12-22-17(24)16(9-10-23)14-6-2-1-3-7-14/h1-8,10-11,16H,9,12H2,(H,22,24). The first-order chi connectivity index (χ1) is 11.4. The zero-order valence-electron chi connectivity index (χ0n) is 12.7. The van der Waals surface area contributed by atoms with Crippen molar-refractivity contribution in [1.29, 1.82) is 0 Å². The molecule has 6 heteroatoms. The highest BCUT2D eigenvalue weighted by molar-refractivity contribution is 5.85. The summed E-state index contributed by atoms with van der Waals surface area (Å²) < 4.78 is 38.1. The van der Waals surface area contributed by atoms with Crippen molar-refractivity contribution in [2.24, 2.45) is 0 Å². The molecule has 126 valence electrons. The van der Waals surface area contributed by atoms with Crippen LogP contribution in [0.3, 0.4) is 0 Å². The zero-order valence-corrected chi connectivity index (χ0v) is 12.7. The summed E-state index contributed by atoms with van der Waals surface area (Å²) in [5, 5.41) is 2.60. The van der Waals surface area contributed by atoms with Gasteiger partial charge in [0.1, 0.15) is 6.29 Å². The largest absolute Gasteiger partial charge is 0.416 e. The molecule has 0 aliphatic heterocycles. The molecule has 0 fully saturated rings. The highest BCUT2D eigenvalue weighted by Gasteiger charge is 2.30. The molecule has 0 aliphatic rings. The lowest BCUT2D eigenvalue weighted by Crippen LogP contribution is -2.29. The Hall–Kier alpha value is -2.63. The lowest BCUT2D eigenvalue weighted by molar-refractivity contribution is -0.137. The van der Waals surface area contributed by atoms with Crippen LogP contribution in [-0.4, -0.2) is 12.2 Å². The second-order valence-corrected chi connectivity index (χ2v) is 5.28. The number of nitrogens with one attached hydrogen (secondary N) is 1. The fraction of sp³-hybridized carbons (Fsp3) is 0.222. The van der Waals surface area contributed by atoms with Crippen LogP contribution < -0.4 is 5.32 Å². The monoisotopic (exact) mass is 335 g/mol. The first-order valence-corrected chi connectivity index (χ1v) is 7.34. The summed E-state index contributed by atoms with van der Waals surface area (Å²) in [6.07, 6.45) is -3.76. The van der Waals surface area contributed by atoms with Crippen LogP contribution in [0.2, 0.25) is 0 Å². The van der Waals surface area contributed by atoms with Gasteiger partial charge in [0.05, 0.1) is 11.5 Å². The van der Waals surface area contributed by atoms with Crippen molar-refractivity contribution in [2.75, 3.05) is 0 Å². The fourth-order valence-corrected chi connectivity index (χ4v) is 2.35. The SMILES string of the molecule is O=CCC(C(=O)NCc1cccc(C(F)(F)F)c1)c1ccccc1. The molecule has 0 heterocycles. The number of hydrogen-bond acceptors (Lipinski definition) is 2. The average Bonchev–Trinajstić information content (AvgIpc) is 2.58. The predicted octanol–water partition coefficient (Wildman–Crippen LogP) is 3.69. The Bertz CT molecular complexity index is 699. The molecule has 0 radical (unpaired) electrons. The molecule has 1 N–H and O–H groups in total. The van der Waals surface area contributed by atoms with Crippen molar-refractivity contribution in [3.05, 3.63) is 71.3 Å². The third-order valence-electron chi connectivity index (χ3n) is 3.57. The fourth-order valence-electron chi connectivity index (χ4n) is 2.35. The van der Waals surface area contributed by atoms with E-state index in [1.54, 1.807) is 30.3 Å². The van der Waals surface area contributed by atoms with Crippen molar-refractivity contribution >= 4 is 12.2 Å². The van der Waals surface area contributed by atoms with Crippen LogP contribution in [0.4, 0.5) is 13.2 Å². The maximum atomic E-state index is 12.7. The third-order valence-corrected chi connectivity index (χ3v) is 3.57. The Balaban J connectivity index is 2.07. The number of rotatable bonds is 6. The van der Waals surface area contributed by atoms with Crippen molar-refractivity contribution in [3.63, 3.8) is 0 Å². The van der Waals surface area contributed by atoms with Gasteiger partial charge < -0.3 is 10.1 Å². The Morgan fingerprint density at radius 1 is 1.08 bits per heavy atom. The summed E-state index contributed by atoms with van der Waals surface area (Å²) in [6.45, 7) is -0.0368. The van der Waals surface area contributed by atoms with Gasteiger partial charge in [0.2, 0.25) is 5.91 Å². The normalized spacial score (nSPS) is 12.5. The molecule has 2 aromatic carbocycles. The third kappa shape index (κ3) is 4.68. The molecule has 0 saturated heterocycles. The van der Waals surface area contributed by atoms with Gasteiger partial charge >= 0.3 is 6.18 Å².